The summed E-state index contributed by atoms with van der Waals surface area (Å²) in [7, 11) is 0. The molecule has 0 saturated heterocycles. The number of pyridine rings is 1. The van der Waals surface area contributed by atoms with Crippen LogP contribution in [0.2, 0.25) is 0 Å². The molecule has 0 fully saturated rings. The van der Waals surface area contributed by atoms with E-state index in [9.17, 15) is 4.39 Å². The van der Waals surface area contributed by atoms with Crippen molar-refractivity contribution in [1.82, 2.24) is 4.98 Å². The predicted molar refractivity (Wildman–Crippen MR) is 73.2 cm³/mol. The molecular weight excluding hydrogens is 269 g/mol. The largest absolute Gasteiger partial charge is 0.488 e. The lowest BCUT2D eigenvalue weighted by Gasteiger charge is -2.11. The third-order valence-electron chi connectivity index (χ3n) is 2.36. The van der Waals surface area contributed by atoms with E-state index in [1.165, 1.54) is 12.1 Å². The van der Waals surface area contributed by atoms with Crippen molar-refractivity contribution >= 4 is 18.2 Å². The number of benzene rings is 1. The van der Waals surface area contributed by atoms with Crippen LogP contribution in [0.4, 0.5) is 4.39 Å². The molecule has 6 heteroatoms. The quantitative estimate of drug-likeness (QED) is 0.668. The first kappa shape index (κ1) is 14.9. The van der Waals surface area contributed by atoms with Crippen LogP contribution in [0.1, 0.15) is 11.1 Å². The van der Waals surface area contributed by atoms with E-state index in [1.807, 2.05) is 6.07 Å². The minimum absolute atomic E-state index is 0. The van der Waals surface area contributed by atoms with Crippen molar-refractivity contribution in [2.45, 2.75) is 6.61 Å². The van der Waals surface area contributed by atoms with Gasteiger partial charge in [0.1, 0.15) is 24.0 Å². The van der Waals surface area contributed by atoms with Gasteiger partial charge >= 0.3 is 0 Å². The van der Waals surface area contributed by atoms with Gasteiger partial charge in [0.15, 0.2) is 0 Å². The van der Waals surface area contributed by atoms with E-state index < -0.39 is 5.82 Å². The molecule has 2 aromatic rings. The zero-order chi connectivity index (χ0) is 13.0. The molecular formula is C13H13ClFN3O. The van der Waals surface area contributed by atoms with Gasteiger partial charge in [-0.3, -0.25) is 10.4 Å². The van der Waals surface area contributed by atoms with Gasteiger partial charge in [0.2, 0.25) is 0 Å². The van der Waals surface area contributed by atoms with Crippen molar-refractivity contribution in [3.63, 3.8) is 0 Å². The summed E-state index contributed by atoms with van der Waals surface area (Å²) in [6, 6.07) is 7.97. The number of ether oxygens (including phenoxy) is 1. The summed E-state index contributed by atoms with van der Waals surface area (Å²) in [6.07, 6.45) is 3.32. The molecule has 0 radical (unpaired) electrons. The Morgan fingerprint density at radius 3 is 2.74 bits per heavy atom. The molecule has 0 aliphatic carbocycles. The predicted octanol–water partition coefficient (Wildman–Crippen LogP) is 2.51. The summed E-state index contributed by atoms with van der Waals surface area (Å²) in [5.41, 5.74) is 6.18. The Balaban J connectivity index is 0.00000180. The molecule has 0 aliphatic rings. The molecule has 1 heterocycles. The van der Waals surface area contributed by atoms with E-state index in [0.29, 0.717) is 0 Å². The lowest BCUT2D eigenvalue weighted by atomic mass is 10.1. The molecule has 1 aromatic carbocycles. The third kappa shape index (κ3) is 3.66. The first-order valence-corrected chi connectivity index (χ1v) is 5.33. The Morgan fingerprint density at radius 2 is 2.11 bits per heavy atom. The second-order valence-electron chi connectivity index (χ2n) is 3.68. The third-order valence-corrected chi connectivity index (χ3v) is 2.36. The van der Waals surface area contributed by atoms with E-state index in [4.69, 9.17) is 15.9 Å². The van der Waals surface area contributed by atoms with Gasteiger partial charge in [-0.2, -0.15) is 0 Å². The number of nitrogens with zero attached hydrogens (tertiary/aromatic N) is 1. The molecule has 0 aliphatic heterocycles. The number of hydrogen-bond donors (Lipinski definition) is 2. The Morgan fingerprint density at radius 1 is 1.32 bits per heavy atom. The number of rotatable bonds is 4. The lowest BCUT2D eigenvalue weighted by Crippen LogP contribution is -2.15. The SMILES string of the molecule is Cl.N=C(N)c1c(F)cccc1OCc1cccnc1. The Bertz CT molecular complexity index is 563. The molecule has 1 aromatic heterocycles. The summed E-state index contributed by atoms with van der Waals surface area (Å²) in [5, 5.41) is 7.35. The minimum atomic E-state index is -0.564. The van der Waals surface area contributed by atoms with Gasteiger partial charge in [0, 0.05) is 18.0 Å². The van der Waals surface area contributed by atoms with Crippen molar-refractivity contribution in [3.05, 3.63) is 59.7 Å². The average Bonchev–Trinajstić information content (AvgIpc) is 2.37. The smallest absolute Gasteiger partial charge is 0.137 e. The fourth-order valence-electron chi connectivity index (χ4n) is 1.53. The Hall–Kier alpha value is -2.14. The number of nitrogens with two attached hydrogens (primary N) is 1. The van der Waals surface area contributed by atoms with Crippen LogP contribution in [0.25, 0.3) is 0 Å². The van der Waals surface area contributed by atoms with Gasteiger partial charge in [-0.05, 0) is 18.2 Å². The molecule has 4 nitrogen and oxygen atoms in total. The number of halogens is 2. The number of amidine groups is 1. The fraction of sp³-hybridized carbons (Fsp3) is 0.0769. The van der Waals surface area contributed by atoms with Gasteiger partial charge in [0.25, 0.3) is 0 Å². The zero-order valence-corrected chi connectivity index (χ0v) is 10.8. The van der Waals surface area contributed by atoms with Gasteiger partial charge in [-0.1, -0.05) is 12.1 Å². The highest BCUT2D eigenvalue weighted by molar-refractivity contribution is 5.97. The monoisotopic (exact) mass is 281 g/mol. The standard InChI is InChI=1S/C13H12FN3O.ClH/c14-10-4-1-5-11(12(10)13(15)16)18-8-9-3-2-6-17-7-9;/h1-7H,8H2,(H3,15,16);1H. The van der Waals surface area contributed by atoms with Crippen LogP contribution in [-0.4, -0.2) is 10.8 Å². The van der Waals surface area contributed by atoms with E-state index in [-0.39, 0.29) is 36.2 Å². The van der Waals surface area contributed by atoms with Crippen LogP contribution in [0.3, 0.4) is 0 Å². The van der Waals surface area contributed by atoms with Crippen molar-refractivity contribution < 1.29 is 9.13 Å². The summed E-state index contributed by atoms with van der Waals surface area (Å²) in [5.74, 6) is -0.660. The Kier molecular flexibility index (Phi) is 5.26. The topological polar surface area (TPSA) is 72.0 Å². The second kappa shape index (κ2) is 6.70. The van der Waals surface area contributed by atoms with Crippen LogP contribution >= 0.6 is 12.4 Å². The maximum Gasteiger partial charge on any atom is 0.137 e. The number of hydrogen-bond acceptors (Lipinski definition) is 3. The molecule has 0 unspecified atom stereocenters. The van der Waals surface area contributed by atoms with Crippen LogP contribution < -0.4 is 10.5 Å². The number of nitrogen functional groups attached to an aromatic ring is 1. The number of aromatic nitrogens is 1. The molecule has 0 atom stereocenters. The minimum Gasteiger partial charge on any atom is -0.488 e. The number of nitrogens with one attached hydrogen (secondary N) is 1. The second-order valence-corrected chi connectivity index (χ2v) is 3.68. The first-order chi connectivity index (χ1) is 8.68. The van der Waals surface area contributed by atoms with Gasteiger partial charge in [0.05, 0.1) is 5.56 Å². The van der Waals surface area contributed by atoms with E-state index >= 15 is 0 Å². The summed E-state index contributed by atoms with van der Waals surface area (Å²) < 4.78 is 19.0. The fourth-order valence-corrected chi connectivity index (χ4v) is 1.53. The van der Waals surface area contributed by atoms with E-state index in [2.05, 4.69) is 4.98 Å². The molecule has 0 bridgehead atoms. The normalized spacial score (nSPS) is 9.53. The van der Waals surface area contributed by atoms with Gasteiger partial charge < -0.3 is 10.5 Å². The highest BCUT2D eigenvalue weighted by Gasteiger charge is 2.12. The molecule has 0 saturated carbocycles. The molecule has 19 heavy (non-hydrogen) atoms. The van der Waals surface area contributed by atoms with Crippen molar-refractivity contribution in [2.75, 3.05) is 0 Å². The summed E-state index contributed by atoms with van der Waals surface area (Å²) in [4.78, 5) is 3.95. The molecule has 2 rings (SSSR count). The molecule has 0 amide bonds. The maximum atomic E-state index is 13.5. The van der Waals surface area contributed by atoms with Crippen LogP contribution in [-0.2, 0) is 6.61 Å². The average molecular weight is 282 g/mol. The maximum absolute atomic E-state index is 13.5. The van der Waals surface area contributed by atoms with Gasteiger partial charge in [-0.25, -0.2) is 4.39 Å². The summed E-state index contributed by atoms with van der Waals surface area (Å²) in [6.45, 7) is 0.248. The van der Waals surface area contributed by atoms with Gasteiger partial charge in [-0.15, -0.1) is 12.4 Å². The van der Waals surface area contributed by atoms with Crippen LogP contribution in [0, 0.1) is 11.2 Å². The summed E-state index contributed by atoms with van der Waals surface area (Å²) >= 11 is 0. The van der Waals surface area contributed by atoms with Crippen molar-refractivity contribution in [1.29, 1.82) is 5.41 Å². The Labute approximate surface area is 116 Å². The zero-order valence-electron chi connectivity index (χ0n) is 9.97. The first-order valence-electron chi connectivity index (χ1n) is 5.33. The molecule has 0 spiro atoms. The van der Waals surface area contributed by atoms with E-state index in [1.54, 1.807) is 24.5 Å². The molecule has 3 N–H and O–H groups in total. The highest BCUT2D eigenvalue weighted by Crippen LogP contribution is 2.21. The lowest BCUT2D eigenvalue weighted by molar-refractivity contribution is 0.303. The van der Waals surface area contributed by atoms with Crippen molar-refractivity contribution in [2.24, 2.45) is 5.73 Å². The highest BCUT2D eigenvalue weighted by atomic mass is 35.5. The van der Waals surface area contributed by atoms with E-state index in [0.717, 1.165) is 5.56 Å². The molecule has 100 valence electrons. The van der Waals surface area contributed by atoms with Crippen LogP contribution in [0.15, 0.2) is 42.7 Å². The van der Waals surface area contributed by atoms with Crippen LogP contribution in [0.5, 0.6) is 5.75 Å². The van der Waals surface area contributed by atoms with Crippen molar-refractivity contribution in [3.8, 4) is 5.75 Å².